The van der Waals surface area contributed by atoms with Gasteiger partial charge in [0, 0.05) is 18.3 Å². The molecule has 6 atom stereocenters. The Morgan fingerprint density at radius 3 is 2.15 bits per heavy atom. The van der Waals surface area contributed by atoms with Crippen molar-refractivity contribution < 1.29 is 24.9 Å². The van der Waals surface area contributed by atoms with Crippen LogP contribution >= 0.6 is 0 Å². The standard InChI is InChI=1S/C22H38O5/c1-14(2)19(24)11-10-15(3)8-7-9-16(4)21(26)18(6)22(27)17(5)20(25)12-13-23/h10,13,16-21,24-26H,1,7-9,11-12H2,2-6H3/t16-,17+,18+,19-,20-,21-/m0/s1. The lowest BCUT2D eigenvalue weighted by Crippen LogP contribution is -2.38. The van der Waals surface area contributed by atoms with Crippen LogP contribution in [0.15, 0.2) is 23.8 Å². The van der Waals surface area contributed by atoms with Crippen LogP contribution in [0.2, 0.25) is 0 Å². The number of allylic oxidation sites excluding steroid dienone is 1. The number of carbonyl (C=O) groups is 2. The Bertz CT molecular complexity index is 511. The van der Waals surface area contributed by atoms with Crippen molar-refractivity contribution in [3.05, 3.63) is 23.8 Å². The lowest BCUT2D eigenvalue weighted by Gasteiger charge is -2.27. The molecule has 5 nitrogen and oxygen atoms in total. The van der Waals surface area contributed by atoms with E-state index in [4.69, 9.17) is 0 Å². The Morgan fingerprint density at radius 1 is 1.04 bits per heavy atom. The van der Waals surface area contributed by atoms with Crippen LogP contribution in [0, 0.1) is 17.8 Å². The van der Waals surface area contributed by atoms with Gasteiger partial charge in [-0.05, 0) is 45.4 Å². The van der Waals surface area contributed by atoms with Gasteiger partial charge in [-0.15, -0.1) is 0 Å². The molecular formula is C22H38O5. The van der Waals surface area contributed by atoms with E-state index in [-0.39, 0.29) is 18.1 Å². The average Bonchev–Trinajstić information content (AvgIpc) is 2.63. The van der Waals surface area contributed by atoms with E-state index in [0.717, 1.165) is 24.8 Å². The summed E-state index contributed by atoms with van der Waals surface area (Å²) in [6.07, 6.45) is 3.35. The first-order valence-corrected chi connectivity index (χ1v) is 9.85. The summed E-state index contributed by atoms with van der Waals surface area (Å²) < 4.78 is 0. The number of hydrogen-bond donors (Lipinski definition) is 3. The van der Waals surface area contributed by atoms with Crippen LogP contribution in [0.25, 0.3) is 0 Å². The maximum atomic E-state index is 12.4. The van der Waals surface area contributed by atoms with Gasteiger partial charge in [-0.25, -0.2) is 0 Å². The van der Waals surface area contributed by atoms with E-state index in [9.17, 15) is 24.9 Å². The fourth-order valence-electron chi connectivity index (χ4n) is 3.06. The minimum Gasteiger partial charge on any atom is -0.392 e. The molecule has 0 spiro atoms. The molecule has 156 valence electrons. The van der Waals surface area contributed by atoms with Gasteiger partial charge in [0.15, 0.2) is 0 Å². The maximum Gasteiger partial charge on any atom is 0.143 e. The van der Waals surface area contributed by atoms with Gasteiger partial charge < -0.3 is 20.1 Å². The third-order valence-electron chi connectivity index (χ3n) is 5.40. The predicted molar refractivity (Wildman–Crippen MR) is 108 cm³/mol. The van der Waals surface area contributed by atoms with E-state index in [1.165, 1.54) is 5.57 Å². The zero-order valence-corrected chi connectivity index (χ0v) is 17.5. The maximum absolute atomic E-state index is 12.4. The van der Waals surface area contributed by atoms with E-state index in [1.807, 2.05) is 19.9 Å². The summed E-state index contributed by atoms with van der Waals surface area (Å²) in [6.45, 7) is 12.8. The summed E-state index contributed by atoms with van der Waals surface area (Å²) in [6, 6.07) is 0. The summed E-state index contributed by atoms with van der Waals surface area (Å²) in [4.78, 5) is 22.9. The molecule has 0 amide bonds. The van der Waals surface area contributed by atoms with Crippen LogP contribution in [-0.2, 0) is 9.59 Å². The summed E-state index contributed by atoms with van der Waals surface area (Å²) in [5.41, 5.74) is 1.94. The van der Waals surface area contributed by atoms with Crippen molar-refractivity contribution >= 4 is 12.1 Å². The lowest BCUT2D eigenvalue weighted by atomic mass is 9.81. The molecule has 0 aliphatic carbocycles. The second-order valence-corrected chi connectivity index (χ2v) is 7.96. The summed E-state index contributed by atoms with van der Waals surface area (Å²) >= 11 is 0. The molecule has 0 bridgehead atoms. The van der Waals surface area contributed by atoms with Gasteiger partial charge in [0.25, 0.3) is 0 Å². The Labute approximate surface area is 164 Å². The first-order valence-electron chi connectivity index (χ1n) is 9.85. The van der Waals surface area contributed by atoms with Crippen LogP contribution in [0.5, 0.6) is 0 Å². The van der Waals surface area contributed by atoms with Crippen LogP contribution in [-0.4, -0.2) is 45.7 Å². The van der Waals surface area contributed by atoms with Gasteiger partial charge in [-0.3, -0.25) is 4.79 Å². The fourth-order valence-corrected chi connectivity index (χ4v) is 3.06. The topological polar surface area (TPSA) is 94.8 Å². The number of Topliss-reactive ketones (excluding diaryl/α,β-unsaturated/α-hetero) is 1. The lowest BCUT2D eigenvalue weighted by molar-refractivity contribution is -0.134. The second kappa shape index (κ2) is 13.0. The molecule has 0 heterocycles. The number of ketones is 1. The Morgan fingerprint density at radius 2 is 1.63 bits per heavy atom. The second-order valence-electron chi connectivity index (χ2n) is 7.96. The molecule has 5 heteroatoms. The fraction of sp³-hybridized carbons (Fsp3) is 0.727. The number of aldehydes is 1. The molecule has 0 fully saturated rings. The number of aliphatic hydroxyl groups excluding tert-OH is 3. The first kappa shape index (κ1) is 25.7. The van der Waals surface area contributed by atoms with Gasteiger partial charge in [0.2, 0.25) is 0 Å². The van der Waals surface area contributed by atoms with E-state index >= 15 is 0 Å². The largest absolute Gasteiger partial charge is 0.392 e. The zero-order chi connectivity index (χ0) is 21.1. The van der Waals surface area contributed by atoms with Crippen LogP contribution in [0.3, 0.4) is 0 Å². The molecule has 0 rings (SSSR count). The van der Waals surface area contributed by atoms with Crippen molar-refractivity contribution in [2.75, 3.05) is 0 Å². The average molecular weight is 383 g/mol. The Balaban J connectivity index is 4.46. The smallest absolute Gasteiger partial charge is 0.143 e. The van der Waals surface area contributed by atoms with Crippen molar-refractivity contribution in [1.29, 1.82) is 0 Å². The zero-order valence-electron chi connectivity index (χ0n) is 17.5. The molecule has 0 unspecified atom stereocenters. The third-order valence-corrected chi connectivity index (χ3v) is 5.40. The number of carbonyl (C=O) groups excluding carboxylic acids is 2. The quantitative estimate of drug-likeness (QED) is 0.317. The van der Waals surface area contributed by atoms with Crippen molar-refractivity contribution in [3.8, 4) is 0 Å². The van der Waals surface area contributed by atoms with Crippen LogP contribution in [0.4, 0.5) is 0 Å². The third kappa shape index (κ3) is 9.45. The number of hydrogen-bond acceptors (Lipinski definition) is 5. The molecule has 3 N–H and O–H groups in total. The molecule has 0 saturated heterocycles. The minimum absolute atomic E-state index is 0.0480. The van der Waals surface area contributed by atoms with Crippen LogP contribution < -0.4 is 0 Å². The first-order chi connectivity index (χ1) is 12.5. The van der Waals surface area contributed by atoms with Crippen molar-refractivity contribution in [3.63, 3.8) is 0 Å². The van der Waals surface area contributed by atoms with Gasteiger partial charge in [0.1, 0.15) is 12.1 Å². The van der Waals surface area contributed by atoms with E-state index in [2.05, 4.69) is 6.58 Å². The highest BCUT2D eigenvalue weighted by Gasteiger charge is 2.32. The molecule has 0 aliphatic heterocycles. The van der Waals surface area contributed by atoms with Crippen molar-refractivity contribution in [2.24, 2.45) is 17.8 Å². The number of rotatable bonds is 14. The van der Waals surface area contributed by atoms with E-state index in [0.29, 0.717) is 12.7 Å². The molecule has 0 aromatic carbocycles. The monoisotopic (exact) mass is 382 g/mol. The minimum atomic E-state index is -0.998. The number of aliphatic hydroxyl groups is 3. The Kier molecular flexibility index (Phi) is 12.4. The van der Waals surface area contributed by atoms with Crippen molar-refractivity contribution in [2.45, 2.75) is 85.0 Å². The predicted octanol–water partition coefficient (Wildman–Crippen LogP) is 3.22. The summed E-state index contributed by atoms with van der Waals surface area (Å²) in [5, 5.41) is 30.1. The van der Waals surface area contributed by atoms with Gasteiger partial charge >= 0.3 is 0 Å². The molecule has 0 radical (unpaired) electrons. The molecule has 27 heavy (non-hydrogen) atoms. The van der Waals surface area contributed by atoms with Gasteiger partial charge in [-0.1, -0.05) is 44.6 Å². The van der Waals surface area contributed by atoms with Crippen molar-refractivity contribution in [1.82, 2.24) is 0 Å². The SMILES string of the molecule is C=C(C)[C@@H](O)CC=C(C)CCC[C@H](C)[C@H](O)[C@@H](C)C(=O)[C@H](C)[C@@H](O)CC=O. The highest BCUT2D eigenvalue weighted by Crippen LogP contribution is 2.24. The van der Waals surface area contributed by atoms with E-state index < -0.39 is 30.1 Å². The molecule has 0 aliphatic rings. The normalized spacial score (nSPS) is 18.9. The summed E-state index contributed by atoms with van der Waals surface area (Å²) in [7, 11) is 0. The van der Waals surface area contributed by atoms with E-state index in [1.54, 1.807) is 20.8 Å². The Hall–Kier alpha value is -1.30. The molecule has 0 aromatic heterocycles. The molecule has 0 aromatic rings. The van der Waals surface area contributed by atoms with Gasteiger partial charge in [-0.2, -0.15) is 0 Å². The summed E-state index contributed by atoms with van der Waals surface area (Å²) in [5.74, 6) is -1.52. The molecular weight excluding hydrogens is 344 g/mol. The highest BCUT2D eigenvalue weighted by molar-refractivity contribution is 5.84. The highest BCUT2D eigenvalue weighted by atomic mass is 16.3. The van der Waals surface area contributed by atoms with Gasteiger partial charge in [0.05, 0.1) is 18.3 Å². The molecule has 0 saturated carbocycles. The van der Waals surface area contributed by atoms with Crippen LogP contribution in [0.1, 0.15) is 66.7 Å².